The number of hydrogen-bond acceptors (Lipinski definition) is 4. The monoisotopic (exact) mass is 259 g/mol. The molecule has 2 N–H and O–H groups in total. The van der Waals surface area contributed by atoms with Gasteiger partial charge in [0.15, 0.2) is 17.6 Å². The van der Waals surface area contributed by atoms with Gasteiger partial charge in [-0.3, -0.25) is 0 Å². The van der Waals surface area contributed by atoms with Crippen LogP contribution in [0.15, 0.2) is 34.7 Å². The molecule has 2 heterocycles. The molecule has 3 rings (SSSR count). The van der Waals surface area contributed by atoms with E-state index in [-0.39, 0.29) is 12.1 Å². The van der Waals surface area contributed by atoms with Gasteiger partial charge in [-0.05, 0) is 32.0 Å². The molecule has 2 unspecified atom stereocenters. The van der Waals surface area contributed by atoms with Crippen LogP contribution < -0.4 is 15.2 Å². The molecule has 1 aromatic carbocycles. The van der Waals surface area contributed by atoms with Crippen molar-refractivity contribution in [3.05, 3.63) is 47.4 Å². The zero-order chi connectivity index (χ0) is 13.4. The Labute approximate surface area is 112 Å². The molecule has 0 saturated carbocycles. The second-order valence-corrected chi connectivity index (χ2v) is 4.81. The summed E-state index contributed by atoms with van der Waals surface area (Å²) in [6.45, 7) is 4.28. The lowest BCUT2D eigenvalue weighted by molar-refractivity contribution is 0.0718. The number of rotatable bonds is 2. The normalized spacial score (nSPS) is 19.2. The van der Waals surface area contributed by atoms with Crippen LogP contribution in [0.25, 0.3) is 0 Å². The Bertz CT molecular complexity index is 591. The Morgan fingerprint density at radius 2 is 1.95 bits per heavy atom. The standard InChI is InChI=1S/C15H17NO3/c1-9-7-11(10(2)18-9)15(16)14-8-17-12-5-3-4-6-13(12)19-14/h3-7,14-15H,8,16H2,1-2H3. The van der Waals surface area contributed by atoms with Crippen LogP contribution in [0.4, 0.5) is 0 Å². The summed E-state index contributed by atoms with van der Waals surface area (Å²) in [5, 5.41) is 0. The lowest BCUT2D eigenvalue weighted by atomic mass is 10.0. The van der Waals surface area contributed by atoms with E-state index in [0.29, 0.717) is 6.61 Å². The Balaban J connectivity index is 1.83. The molecule has 0 aliphatic carbocycles. The van der Waals surface area contributed by atoms with E-state index in [4.69, 9.17) is 19.6 Å². The van der Waals surface area contributed by atoms with Gasteiger partial charge >= 0.3 is 0 Å². The van der Waals surface area contributed by atoms with E-state index >= 15 is 0 Å². The van der Waals surface area contributed by atoms with E-state index in [1.165, 1.54) is 0 Å². The Morgan fingerprint density at radius 3 is 2.63 bits per heavy atom. The van der Waals surface area contributed by atoms with E-state index in [0.717, 1.165) is 28.6 Å². The third-order valence-electron chi connectivity index (χ3n) is 3.37. The van der Waals surface area contributed by atoms with E-state index in [9.17, 15) is 0 Å². The van der Waals surface area contributed by atoms with Gasteiger partial charge in [-0.2, -0.15) is 0 Å². The van der Waals surface area contributed by atoms with Crippen molar-refractivity contribution in [3.8, 4) is 11.5 Å². The Morgan fingerprint density at radius 1 is 1.21 bits per heavy atom. The fraction of sp³-hybridized carbons (Fsp3) is 0.333. The molecule has 0 fully saturated rings. The van der Waals surface area contributed by atoms with E-state index in [2.05, 4.69) is 0 Å². The van der Waals surface area contributed by atoms with Crippen molar-refractivity contribution in [2.24, 2.45) is 5.73 Å². The molecule has 4 nitrogen and oxygen atoms in total. The molecule has 0 radical (unpaired) electrons. The minimum absolute atomic E-state index is 0.203. The topological polar surface area (TPSA) is 57.6 Å². The number of furan rings is 1. The maximum absolute atomic E-state index is 6.28. The van der Waals surface area contributed by atoms with Crippen LogP contribution in [0.3, 0.4) is 0 Å². The molecule has 2 atom stereocenters. The quantitative estimate of drug-likeness (QED) is 0.901. The molecule has 19 heavy (non-hydrogen) atoms. The van der Waals surface area contributed by atoms with Crippen LogP contribution in [0.5, 0.6) is 11.5 Å². The first-order valence-electron chi connectivity index (χ1n) is 6.36. The number of aryl methyl sites for hydroxylation is 2. The predicted molar refractivity (Wildman–Crippen MR) is 71.5 cm³/mol. The smallest absolute Gasteiger partial charge is 0.161 e. The van der Waals surface area contributed by atoms with Gasteiger partial charge in [-0.25, -0.2) is 0 Å². The van der Waals surface area contributed by atoms with Crippen LogP contribution in [0.1, 0.15) is 23.1 Å². The van der Waals surface area contributed by atoms with Crippen molar-refractivity contribution in [1.29, 1.82) is 0 Å². The molecular formula is C15H17NO3. The molecule has 1 aliphatic heterocycles. The third kappa shape index (κ3) is 2.19. The van der Waals surface area contributed by atoms with E-state index in [1.54, 1.807) is 0 Å². The van der Waals surface area contributed by atoms with Gasteiger partial charge in [0.05, 0.1) is 6.04 Å². The second-order valence-electron chi connectivity index (χ2n) is 4.81. The van der Waals surface area contributed by atoms with Crippen LogP contribution in [0, 0.1) is 13.8 Å². The first-order valence-corrected chi connectivity index (χ1v) is 6.36. The number of para-hydroxylation sites is 2. The van der Waals surface area contributed by atoms with Crippen molar-refractivity contribution < 1.29 is 13.9 Å². The number of benzene rings is 1. The van der Waals surface area contributed by atoms with Crippen molar-refractivity contribution in [3.63, 3.8) is 0 Å². The zero-order valence-electron chi connectivity index (χ0n) is 11.1. The molecular weight excluding hydrogens is 242 g/mol. The van der Waals surface area contributed by atoms with Crippen LogP contribution in [-0.2, 0) is 0 Å². The maximum Gasteiger partial charge on any atom is 0.161 e. The third-order valence-corrected chi connectivity index (χ3v) is 3.37. The van der Waals surface area contributed by atoms with Crippen molar-refractivity contribution in [1.82, 2.24) is 0 Å². The fourth-order valence-corrected chi connectivity index (χ4v) is 2.39. The largest absolute Gasteiger partial charge is 0.486 e. The van der Waals surface area contributed by atoms with E-state index in [1.807, 2.05) is 44.2 Å². The lowest BCUT2D eigenvalue weighted by Gasteiger charge is -2.30. The minimum Gasteiger partial charge on any atom is -0.486 e. The van der Waals surface area contributed by atoms with Gasteiger partial charge in [-0.1, -0.05) is 12.1 Å². The van der Waals surface area contributed by atoms with Crippen molar-refractivity contribution >= 4 is 0 Å². The first kappa shape index (κ1) is 12.1. The molecule has 100 valence electrons. The fourth-order valence-electron chi connectivity index (χ4n) is 2.39. The number of nitrogens with two attached hydrogens (primary N) is 1. The zero-order valence-corrected chi connectivity index (χ0v) is 11.1. The van der Waals surface area contributed by atoms with Crippen LogP contribution in [0.2, 0.25) is 0 Å². The summed E-state index contributed by atoms with van der Waals surface area (Å²) in [6, 6.07) is 9.33. The summed E-state index contributed by atoms with van der Waals surface area (Å²) in [5.41, 5.74) is 7.25. The molecule has 0 saturated heterocycles. The summed E-state index contributed by atoms with van der Waals surface area (Å²) in [7, 11) is 0. The van der Waals surface area contributed by atoms with Crippen molar-refractivity contribution in [2.75, 3.05) is 6.61 Å². The van der Waals surface area contributed by atoms with Crippen LogP contribution >= 0.6 is 0 Å². The average molecular weight is 259 g/mol. The lowest BCUT2D eigenvalue weighted by Crippen LogP contribution is -2.39. The van der Waals surface area contributed by atoms with Gasteiger partial charge < -0.3 is 19.6 Å². The van der Waals surface area contributed by atoms with Gasteiger partial charge in [0.1, 0.15) is 18.1 Å². The molecule has 0 amide bonds. The predicted octanol–water partition coefficient (Wildman–Crippen LogP) is 2.74. The number of ether oxygens (including phenoxy) is 2. The van der Waals surface area contributed by atoms with Crippen molar-refractivity contribution in [2.45, 2.75) is 26.0 Å². The van der Waals surface area contributed by atoms with Crippen LogP contribution in [-0.4, -0.2) is 12.7 Å². The summed E-state index contributed by atoms with van der Waals surface area (Å²) in [4.78, 5) is 0. The molecule has 1 aromatic heterocycles. The highest BCUT2D eigenvalue weighted by atomic mass is 16.6. The molecule has 0 spiro atoms. The number of fused-ring (bicyclic) bond motifs is 1. The Kier molecular flexibility index (Phi) is 2.95. The van der Waals surface area contributed by atoms with Gasteiger partial charge in [-0.15, -0.1) is 0 Å². The summed E-state index contributed by atoms with van der Waals surface area (Å²) in [5.74, 6) is 3.21. The molecule has 2 aromatic rings. The molecule has 4 heteroatoms. The minimum atomic E-state index is -0.259. The summed E-state index contributed by atoms with van der Waals surface area (Å²) >= 11 is 0. The molecule has 1 aliphatic rings. The highest BCUT2D eigenvalue weighted by Gasteiger charge is 2.29. The second kappa shape index (κ2) is 4.63. The van der Waals surface area contributed by atoms with E-state index < -0.39 is 0 Å². The van der Waals surface area contributed by atoms with Gasteiger partial charge in [0.2, 0.25) is 0 Å². The maximum atomic E-state index is 6.28. The summed E-state index contributed by atoms with van der Waals surface area (Å²) < 4.78 is 17.1. The highest BCUT2D eigenvalue weighted by Crippen LogP contribution is 2.34. The highest BCUT2D eigenvalue weighted by molar-refractivity contribution is 5.41. The molecule has 0 bridgehead atoms. The number of hydrogen-bond donors (Lipinski definition) is 1. The first-order chi connectivity index (χ1) is 9.15. The summed E-state index contributed by atoms with van der Waals surface area (Å²) in [6.07, 6.45) is -0.203. The Hall–Kier alpha value is -1.94. The average Bonchev–Trinajstić information content (AvgIpc) is 2.76. The van der Waals surface area contributed by atoms with Gasteiger partial charge in [0.25, 0.3) is 0 Å². The van der Waals surface area contributed by atoms with Gasteiger partial charge in [0, 0.05) is 5.56 Å². The SMILES string of the molecule is Cc1cc(C(N)C2COc3ccccc3O2)c(C)o1.